The Morgan fingerprint density at radius 3 is 2.76 bits per heavy atom. The maximum atomic E-state index is 9.61. The van der Waals surface area contributed by atoms with Crippen LogP contribution in [-0.2, 0) is 16.1 Å². The van der Waals surface area contributed by atoms with Gasteiger partial charge in [0.15, 0.2) is 0 Å². The summed E-state index contributed by atoms with van der Waals surface area (Å²) in [5.74, 6) is 1.38. The fourth-order valence-electron chi connectivity index (χ4n) is 4.18. The molecule has 1 aromatic rings. The van der Waals surface area contributed by atoms with Gasteiger partial charge < -0.3 is 14.6 Å². The first-order valence-corrected chi connectivity index (χ1v) is 9.51. The predicted molar refractivity (Wildman–Crippen MR) is 98.8 cm³/mol. The minimum Gasteiger partial charge on any atom is -0.461 e. The van der Waals surface area contributed by atoms with Crippen LogP contribution in [0.5, 0.6) is 0 Å². The molecule has 134 valence electrons. The van der Waals surface area contributed by atoms with Crippen molar-refractivity contribution in [2.24, 2.45) is 5.41 Å². The Labute approximate surface area is 150 Å². The van der Waals surface area contributed by atoms with E-state index in [0.717, 1.165) is 29.7 Å². The average molecular weight is 340 g/mol. The second kappa shape index (κ2) is 6.62. The van der Waals surface area contributed by atoms with E-state index in [1.807, 2.05) is 24.3 Å². The summed E-state index contributed by atoms with van der Waals surface area (Å²) in [6, 6.07) is 6.28. The summed E-state index contributed by atoms with van der Waals surface area (Å²) in [6.07, 6.45) is 12.1. The summed E-state index contributed by atoms with van der Waals surface area (Å²) in [7, 11) is 0. The normalized spacial score (nSPS) is 27.9. The molecule has 1 unspecified atom stereocenters. The van der Waals surface area contributed by atoms with Gasteiger partial charge in [0.2, 0.25) is 6.29 Å². The maximum Gasteiger partial charge on any atom is 0.220 e. The Morgan fingerprint density at radius 1 is 1.24 bits per heavy atom. The smallest absolute Gasteiger partial charge is 0.220 e. The molecule has 3 heteroatoms. The topological polar surface area (TPSA) is 38.7 Å². The van der Waals surface area contributed by atoms with Crippen LogP contribution in [0.15, 0.2) is 36.4 Å². The Morgan fingerprint density at radius 2 is 2.08 bits per heavy atom. The molecule has 4 rings (SSSR count). The highest BCUT2D eigenvalue weighted by molar-refractivity contribution is 5.67. The number of hydrogen-bond acceptors (Lipinski definition) is 3. The zero-order valence-electron chi connectivity index (χ0n) is 15.2. The van der Waals surface area contributed by atoms with Gasteiger partial charge in [0.1, 0.15) is 5.76 Å². The van der Waals surface area contributed by atoms with Gasteiger partial charge >= 0.3 is 0 Å². The molecule has 2 saturated carbocycles. The van der Waals surface area contributed by atoms with Gasteiger partial charge in [-0.3, -0.25) is 0 Å². The third-order valence-corrected chi connectivity index (χ3v) is 5.81. The standard InChI is InChI=1S/C22H28O3/c1-22(2)12-4-5-19(22)18-13-15(14-23)8-11-17(18)20-6-3-7-21(25-20)24-16-9-10-16/h3,6-8,11,13,16,19,21,23H,4-5,9-10,12,14H2,1-2H3/t19-,21?/m0/s1. The molecule has 3 aliphatic rings. The number of rotatable bonds is 5. The van der Waals surface area contributed by atoms with E-state index in [0.29, 0.717) is 12.0 Å². The van der Waals surface area contributed by atoms with E-state index in [-0.39, 0.29) is 18.3 Å². The fraction of sp³-hybridized carbons (Fsp3) is 0.545. The van der Waals surface area contributed by atoms with Gasteiger partial charge in [-0.05, 0) is 60.3 Å². The highest BCUT2D eigenvalue weighted by Crippen LogP contribution is 2.50. The largest absolute Gasteiger partial charge is 0.461 e. The van der Waals surface area contributed by atoms with E-state index in [9.17, 15) is 5.11 Å². The first-order valence-electron chi connectivity index (χ1n) is 9.51. The number of allylic oxidation sites excluding steroid dienone is 2. The van der Waals surface area contributed by atoms with E-state index in [1.165, 1.54) is 24.8 Å². The molecule has 0 radical (unpaired) electrons. The lowest BCUT2D eigenvalue weighted by atomic mass is 9.75. The monoisotopic (exact) mass is 340 g/mol. The number of hydrogen-bond donors (Lipinski definition) is 1. The average Bonchev–Trinajstić information content (AvgIpc) is 3.35. The second-order valence-corrected chi connectivity index (χ2v) is 8.25. The van der Waals surface area contributed by atoms with E-state index in [4.69, 9.17) is 9.47 Å². The Kier molecular flexibility index (Phi) is 4.47. The maximum absolute atomic E-state index is 9.61. The lowest BCUT2D eigenvalue weighted by Gasteiger charge is -2.31. The summed E-state index contributed by atoms with van der Waals surface area (Å²) in [5.41, 5.74) is 3.70. The van der Waals surface area contributed by atoms with E-state index in [1.54, 1.807) is 0 Å². The van der Waals surface area contributed by atoms with Crippen LogP contribution in [0.2, 0.25) is 0 Å². The van der Waals surface area contributed by atoms with Gasteiger partial charge in [0.25, 0.3) is 0 Å². The molecule has 3 nitrogen and oxygen atoms in total. The Bertz CT molecular complexity index is 697. The highest BCUT2D eigenvalue weighted by atomic mass is 16.7. The lowest BCUT2D eigenvalue weighted by Crippen LogP contribution is -2.20. The van der Waals surface area contributed by atoms with Crippen molar-refractivity contribution >= 4 is 5.76 Å². The van der Waals surface area contributed by atoms with Crippen LogP contribution in [0.3, 0.4) is 0 Å². The van der Waals surface area contributed by atoms with Gasteiger partial charge in [-0.2, -0.15) is 0 Å². The Hall–Kier alpha value is -1.58. The first kappa shape index (κ1) is 16.9. The van der Waals surface area contributed by atoms with Gasteiger partial charge in [-0.15, -0.1) is 0 Å². The number of aliphatic hydroxyl groups excluding tert-OH is 1. The number of aliphatic hydroxyl groups is 1. The van der Waals surface area contributed by atoms with Crippen LogP contribution in [-0.4, -0.2) is 17.5 Å². The van der Waals surface area contributed by atoms with Crippen molar-refractivity contribution in [3.63, 3.8) is 0 Å². The van der Waals surface area contributed by atoms with Gasteiger partial charge in [0.05, 0.1) is 12.7 Å². The van der Waals surface area contributed by atoms with Crippen LogP contribution in [0.25, 0.3) is 5.76 Å². The summed E-state index contributed by atoms with van der Waals surface area (Å²) in [4.78, 5) is 0. The van der Waals surface area contributed by atoms with Gasteiger partial charge in [0, 0.05) is 5.56 Å². The lowest BCUT2D eigenvalue weighted by molar-refractivity contribution is -0.0732. The molecule has 1 heterocycles. The van der Waals surface area contributed by atoms with E-state index >= 15 is 0 Å². The third-order valence-electron chi connectivity index (χ3n) is 5.81. The zero-order chi connectivity index (χ0) is 17.4. The second-order valence-electron chi connectivity index (χ2n) is 8.25. The minimum atomic E-state index is -0.283. The van der Waals surface area contributed by atoms with Crippen molar-refractivity contribution in [3.8, 4) is 0 Å². The molecule has 1 N–H and O–H groups in total. The molecule has 1 aliphatic heterocycles. The molecule has 2 aliphatic carbocycles. The molecule has 2 fully saturated rings. The molecule has 0 amide bonds. The van der Waals surface area contributed by atoms with Crippen molar-refractivity contribution < 1.29 is 14.6 Å². The summed E-state index contributed by atoms with van der Waals surface area (Å²) in [5, 5.41) is 9.61. The SMILES string of the molecule is CC1(C)CCC[C@H]1c1cc(CO)ccc1C1=CC=CC(OC2CC2)O1. The summed E-state index contributed by atoms with van der Waals surface area (Å²) < 4.78 is 12.1. The molecule has 0 aromatic heterocycles. The molecule has 0 saturated heterocycles. The zero-order valence-corrected chi connectivity index (χ0v) is 15.2. The van der Waals surface area contributed by atoms with Crippen molar-refractivity contribution in [1.29, 1.82) is 0 Å². The van der Waals surface area contributed by atoms with Crippen molar-refractivity contribution in [2.75, 3.05) is 0 Å². The molecule has 2 atom stereocenters. The number of benzene rings is 1. The molecule has 0 spiro atoms. The van der Waals surface area contributed by atoms with E-state index in [2.05, 4.69) is 26.0 Å². The molecular formula is C22H28O3. The summed E-state index contributed by atoms with van der Waals surface area (Å²) in [6.45, 7) is 4.79. The van der Waals surface area contributed by atoms with Crippen LogP contribution in [0.1, 0.15) is 68.6 Å². The molecule has 25 heavy (non-hydrogen) atoms. The van der Waals surface area contributed by atoms with Crippen LogP contribution < -0.4 is 0 Å². The molecule has 1 aromatic carbocycles. The first-order chi connectivity index (χ1) is 12.1. The number of ether oxygens (including phenoxy) is 2. The third kappa shape index (κ3) is 3.54. The van der Waals surface area contributed by atoms with Crippen molar-refractivity contribution in [2.45, 2.75) is 70.9 Å². The Balaban J connectivity index is 1.66. The van der Waals surface area contributed by atoms with Crippen LogP contribution >= 0.6 is 0 Å². The van der Waals surface area contributed by atoms with Gasteiger partial charge in [-0.1, -0.05) is 44.5 Å². The molecular weight excluding hydrogens is 312 g/mol. The minimum absolute atomic E-state index is 0.0770. The fourth-order valence-corrected chi connectivity index (χ4v) is 4.18. The quantitative estimate of drug-likeness (QED) is 0.828. The van der Waals surface area contributed by atoms with Crippen LogP contribution in [0, 0.1) is 5.41 Å². The van der Waals surface area contributed by atoms with Crippen molar-refractivity contribution in [1.82, 2.24) is 0 Å². The van der Waals surface area contributed by atoms with Crippen molar-refractivity contribution in [3.05, 3.63) is 53.1 Å². The summed E-state index contributed by atoms with van der Waals surface area (Å²) >= 11 is 0. The molecule has 0 bridgehead atoms. The highest BCUT2D eigenvalue weighted by Gasteiger charge is 2.37. The predicted octanol–water partition coefficient (Wildman–Crippen LogP) is 4.91. The van der Waals surface area contributed by atoms with Crippen LogP contribution in [0.4, 0.5) is 0 Å². The van der Waals surface area contributed by atoms with Gasteiger partial charge in [-0.25, -0.2) is 0 Å². The van der Waals surface area contributed by atoms with E-state index < -0.39 is 0 Å².